The van der Waals surface area contributed by atoms with E-state index in [1.165, 1.54) is 6.08 Å². The number of aliphatic hydroxyl groups excluding tert-OH is 2. The molecule has 0 radical (unpaired) electrons. The number of ether oxygens (including phenoxy) is 2. The summed E-state index contributed by atoms with van der Waals surface area (Å²) in [5.41, 5.74) is -5.36. The fraction of sp³-hybridized carbons (Fsp3) is 0.520. The molecule has 2 heterocycles. The van der Waals surface area contributed by atoms with Gasteiger partial charge < -0.3 is 30.1 Å². The van der Waals surface area contributed by atoms with Gasteiger partial charge in [0.1, 0.15) is 29.2 Å². The maximum absolute atomic E-state index is 13.2. The first-order valence-corrected chi connectivity index (χ1v) is 11.4. The molecule has 0 bridgehead atoms. The van der Waals surface area contributed by atoms with Crippen molar-refractivity contribution in [1.29, 1.82) is 0 Å². The Morgan fingerprint density at radius 3 is 2.42 bits per heavy atom. The van der Waals surface area contributed by atoms with Crippen LogP contribution in [0, 0.1) is 5.41 Å². The Kier molecular flexibility index (Phi) is 8.11. The molecule has 0 spiro atoms. The second-order valence-electron chi connectivity index (χ2n) is 9.83. The van der Waals surface area contributed by atoms with E-state index in [1.54, 1.807) is 51.1 Å². The van der Waals surface area contributed by atoms with Crippen LogP contribution in [0.4, 0.5) is 19.0 Å². The molecule has 1 fully saturated rings. The van der Waals surface area contributed by atoms with Crippen LogP contribution >= 0.6 is 0 Å². The lowest BCUT2D eigenvalue weighted by atomic mass is 9.60. The quantitative estimate of drug-likeness (QED) is 0.400. The number of benzene rings is 1. The number of hydrogen-bond acceptors (Lipinski definition) is 8. The third kappa shape index (κ3) is 5.25. The van der Waals surface area contributed by atoms with Crippen LogP contribution in [-0.4, -0.2) is 68.1 Å². The molecule has 0 unspecified atom stereocenters. The van der Waals surface area contributed by atoms with E-state index in [4.69, 9.17) is 9.47 Å². The lowest BCUT2D eigenvalue weighted by Crippen LogP contribution is -2.79. The van der Waals surface area contributed by atoms with Crippen LogP contribution in [0.15, 0.2) is 55.4 Å². The van der Waals surface area contributed by atoms with Crippen molar-refractivity contribution in [2.75, 3.05) is 18.5 Å². The number of aliphatic hydroxyl groups is 3. The highest BCUT2D eigenvalue weighted by Gasteiger charge is 2.68. The monoisotopic (exact) mass is 511 g/mol. The third-order valence-corrected chi connectivity index (χ3v) is 6.51. The van der Waals surface area contributed by atoms with E-state index in [1.807, 2.05) is 0 Å². The van der Waals surface area contributed by atoms with Crippen molar-refractivity contribution < 1.29 is 38.0 Å². The number of anilines is 1. The normalized spacial score (nSPS) is 29.1. The Morgan fingerprint density at radius 1 is 1.19 bits per heavy atom. The minimum atomic E-state index is -4.74. The second kappa shape index (κ2) is 10.4. The van der Waals surface area contributed by atoms with Gasteiger partial charge in [-0.05, 0) is 11.0 Å². The van der Waals surface area contributed by atoms with E-state index < -0.39 is 53.5 Å². The molecule has 8 nitrogen and oxygen atoms in total. The SMILES string of the molecule is C=CCO[C@H]1O[C@@](CO)(C(C)(C)C)[C@@](O)(Cc2ccccc2)[C@H](O)[C@H]1Nc1cncc(C(F)(F)F)n1. The molecule has 0 saturated carbocycles. The van der Waals surface area contributed by atoms with Gasteiger partial charge >= 0.3 is 6.18 Å². The minimum absolute atomic E-state index is 0.0351. The van der Waals surface area contributed by atoms with E-state index in [0.717, 1.165) is 6.20 Å². The number of nitrogens with zero attached hydrogens (tertiary/aromatic N) is 2. The Labute approximate surface area is 207 Å². The largest absolute Gasteiger partial charge is 0.434 e. The van der Waals surface area contributed by atoms with E-state index in [2.05, 4.69) is 21.9 Å². The van der Waals surface area contributed by atoms with Gasteiger partial charge in [0.05, 0.1) is 25.6 Å². The van der Waals surface area contributed by atoms with Gasteiger partial charge in [-0.1, -0.05) is 57.2 Å². The zero-order chi connectivity index (χ0) is 26.8. The minimum Gasteiger partial charge on any atom is -0.393 e. The molecular formula is C25H32F3N3O5. The first-order valence-electron chi connectivity index (χ1n) is 11.4. The molecule has 11 heteroatoms. The summed E-state index contributed by atoms with van der Waals surface area (Å²) in [6, 6.07) is 7.51. The Morgan fingerprint density at radius 2 is 1.86 bits per heavy atom. The lowest BCUT2D eigenvalue weighted by molar-refractivity contribution is -0.366. The highest BCUT2D eigenvalue weighted by Crippen LogP contribution is 2.50. The van der Waals surface area contributed by atoms with Gasteiger partial charge in [-0.25, -0.2) is 4.98 Å². The predicted molar refractivity (Wildman–Crippen MR) is 126 cm³/mol. The van der Waals surface area contributed by atoms with Crippen molar-refractivity contribution in [3.63, 3.8) is 0 Å². The molecule has 1 aliphatic heterocycles. The van der Waals surface area contributed by atoms with Crippen molar-refractivity contribution in [2.45, 2.75) is 63.0 Å². The van der Waals surface area contributed by atoms with Crippen LogP contribution in [0.25, 0.3) is 0 Å². The van der Waals surface area contributed by atoms with Crippen molar-refractivity contribution in [2.24, 2.45) is 5.41 Å². The van der Waals surface area contributed by atoms with Gasteiger partial charge in [-0.3, -0.25) is 4.98 Å². The van der Waals surface area contributed by atoms with E-state index >= 15 is 0 Å². The zero-order valence-corrected chi connectivity index (χ0v) is 20.4. The summed E-state index contributed by atoms with van der Waals surface area (Å²) in [5.74, 6) is -0.306. The summed E-state index contributed by atoms with van der Waals surface area (Å²) in [6.07, 6.45) is -4.81. The number of nitrogens with one attached hydrogen (secondary N) is 1. The molecule has 0 amide bonds. The molecule has 1 aromatic heterocycles. The first-order chi connectivity index (χ1) is 16.8. The topological polar surface area (TPSA) is 117 Å². The Hall–Kier alpha value is -2.57. The molecule has 4 N–H and O–H groups in total. The summed E-state index contributed by atoms with van der Waals surface area (Å²) >= 11 is 0. The molecule has 5 atom stereocenters. The fourth-order valence-corrected chi connectivity index (χ4v) is 4.64. The summed E-state index contributed by atoms with van der Waals surface area (Å²) in [5, 5.41) is 37.1. The van der Waals surface area contributed by atoms with E-state index in [-0.39, 0.29) is 18.8 Å². The fourth-order valence-electron chi connectivity index (χ4n) is 4.64. The molecule has 0 aliphatic carbocycles. The average Bonchev–Trinajstić information content (AvgIpc) is 2.81. The van der Waals surface area contributed by atoms with Crippen LogP contribution in [0.5, 0.6) is 0 Å². The van der Waals surface area contributed by atoms with Crippen LogP contribution in [-0.2, 0) is 22.1 Å². The lowest BCUT2D eigenvalue weighted by Gasteiger charge is -2.61. The van der Waals surface area contributed by atoms with Crippen LogP contribution in [0.1, 0.15) is 32.0 Å². The van der Waals surface area contributed by atoms with Gasteiger partial charge in [0.2, 0.25) is 0 Å². The highest BCUT2D eigenvalue weighted by molar-refractivity contribution is 5.37. The van der Waals surface area contributed by atoms with E-state index in [0.29, 0.717) is 11.8 Å². The smallest absolute Gasteiger partial charge is 0.393 e. The molecule has 198 valence electrons. The molecule has 1 aliphatic rings. The maximum Gasteiger partial charge on any atom is 0.434 e. The van der Waals surface area contributed by atoms with Crippen LogP contribution < -0.4 is 5.32 Å². The predicted octanol–water partition coefficient (Wildman–Crippen LogP) is 2.95. The second-order valence-corrected chi connectivity index (χ2v) is 9.83. The molecular weight excluding hydrogens is 479 g/mol. The molecule has 1 aromatic carbocycles. The molecule has 3 rings (SSSR count). The van der Waals surface area contributed by atoms with Gasteiger partial charge in [-0.15, -0.1) is 6.58 Å². The van der Waals surface area contributed by atoms with Gasteiger partial charge in [0, 0.05) is 6.42 Å². The Balaban J connectivity index is 2.11. The Bertz CT molecular complexity index is 1030. The summed E-state index contributed by atoms with van der Waals surface area (Å²) < 4.78 is 51.6. The van der Waals surface area contributed by atoms with Crippen LogP contribution in [0.3, 0.4) is 0 Å². The standard InChI is InChI=1S/C25H32F3N3O5/c1-5-11-35-21-19(31-18-14-29-13-17(30-18)25(26,27)28)20(33)23(34,12-16-9-7-6-8-10-16)24(15-32,36-21)22(2,3)4/h5-10,13-14,19-21,32-34H,1,11-12,15H2,2-4H3,(H,30,31)/t19-,20-,21+,23-,24+/m1/s1. The highest BCUT2D eigenvalue weighted by atomic mass is 19.4. The van der Waals surface area contributed by atoms with Crippen molar-refractivity contribution >= 4 is 5.82 Å². The maximum atomic E-state index is 13.2. The van der Waals surface area contributed by atoms with Gasteiger partial charge in [0.15, 0.2) is 12.0 Å². The van der Waals surface area contributed by atoms with Crippen molar-refractivity contribution in [3.05, 3.63) is 66.6 Å². The summed E-state index contributed by atoms with van der Waals surface area (Å²) in [7, 11) is 0. The average molecular weight is 512 g/mol. The third-order valence-electron chi connectivity index (χ3n) is 6.51. The summed E-state index contributed by atoms with van der Waals surface area (Å²) in [6.45, 7) is 8.09. The van der Waals surface area contributed by atoms with Gasteiger partial charge in [0.25, 0.3) is 0 Å². The number of alkyl halides is 3. The molecule has 2 aromatic rings. The number of hydrogen-bond donors (Lipinski definition) is 4. The number of halogens is 3. The van der Waals surface area contributed by atoms with Crippen molar-refractivity contribution in [1.82, 2.24) is 9.97 Å². The van der Waals surface area contributed by atoms with Crippen LogP contribution in [0.2, 0.25) is 0 Å². The van der Waals surface area contributed by atoms with Crippen molar-refractivity contribution in [3.8, 4) is 0 Å². The first kappa shape index (κ1) is 28.0. The summed E-state index contributed by atoms with van der Waals surface area (Å²) in [4.78, 5) is 7.14. The van der Waals surface area contributed by atoms with E-state index in [9.17, 15) is 28.5 Å². The van der Waals surface area contributed by atoms with Gasteiger partial charge in [-0.2, -0.15) is 13.2 Å². The molecule has 36 heavy (non-hydrogen) atoms. The number of aromatic nitrogens is 2. The number of rotatable bonds is 8. The molecule has 1 saturated heterocycles. The zero-order valence-electron chi connectivity index (χ0n) is 20.4.